The van der Waals surface area contributed by atoms with Crippen LogP contribution in [0.5, 0.6) is 0 Å². The molecule has 2 saturated heterocycles. The first-order chi connectivity index (χ1) is 11.7. The van der Waals surface area contributed by atoms with E-state index in [1.165, 1.54) is 25.6 Å². The average Bonchev–Trinajstić information content (AvgIpc) is 2.63. The second-order valence-electron chi connectivity index (χ2n) is 6.92. The van der Waals surface area contributed by atoms with Crippen LogP contribution in [0, 0.1) is 5.82 Å². The van der Waals surface area contributed by atoms with E-state index in [1.54, 1.807) is 6.07 Å². The van der Waals surface area contributed by atoms with Crippen LogP contribution in [-0.2, 0) is 4.74 Å². The van der Waals surface area contributed by atoms with E-state index < -0.39 is 0 Å². The van der Waals surface area contributed by atoms with Gasteiger partial charge in [0.15, 0.2) is 0 Å². The van der Waals surface area contributed by atoms with E-state index in [4.69, 9.17) is 4.74 Å². The molecule has 0 spiro atoms. The molecule has 0 saturated carbocycles. The Bertz CT molecular complexity index is 499. The molecule has 134 valence electrons. The molecule has 1 aromatic carbocycles. The Morgan fingerprint density at radius 2 is 1.67 bits per heavy atom. The highest BCUT2D eigenvalue weighted by Crippen LogP contribution is 2.22. The van der Waals surface area contributed by atoms with Crippen LogP contribution in [0.15, 0.2) is 24.3 Å². The maximum absolute atomic E-state index is 13.4. The van der Waals surface area contributed by atoms with Gasteiger partial charge in [-0.05, 0) is 44.1 Å². The van der Waals surface area contributed by atoms with E-state index >= 15 is 0 Å². The van der Waals surface area contributed by atoms with Crippen molar-refractivity contribution >= 4 is 0 Å². The minimum Gasteiger partial charge on any atom is -0.379 e. The fourth-order valence-electron chi connectivity index (χ4n) is 3.69. The fraction of sp³-hybridized carbons (Fsp3) is 0.684. The lowest BCUT2D eigenvalue weighted by Gasteiger charge is -2.38. The van der Waals surface area contributed by atoms with Crippen LogP contribution in [-0.4, -0.2) is 80.3 Å². The van der Waals surface area contributed by atoms with Gasteiger partial charge in [-0.1, -0.05) is 12.1 Å². The van der Waals surface area contributed by atoms with E-state index in [0.29, 0.717) is 0 Å². The van der Waals surface area contributed by atoms with Gasteiger partial charge in [0.25, 0.3) is 0 Å². The normalized spacial score (nSPS) is 22.6. The Morgan fingerprint density at radius 3 is 2.33 bits per heavy atom. The predicted octanol–water partition coefficient (Wildman–Crippen LogP) is 2.23. The van der Waals surface area contributed by atoms with Gasteiger partial charge in [-0.2, -0.15) is 0 Å². The van der Waals surface area contributed by atoms with Crippen molar-refractivity contribution in [2.24, 2.45) is 0 Å². The summed E-state index contributed by atoms with van der Waals surface area (Å²) >= 11 is 0. The minimum atomic E-state index is -0.138. The number of halogens is 1. The molecule has 2 fully saturated rings. The van der Waals surface area contributed by atoms with E-state index in [-0.39, 0.29) is 11.9 Å². The molecule has 2 heterocycles. The maximum Gasteiger partial charge on any atom is 0.123 e. The topological polar surface area (TPSA) is 19.0 Å². The summed E-state index contributed by atoms with van der Waals surface area (Å²) in [6, 6.07) is 7.31. The molecule has 0 radical (unpaired) electrons. The van der Waals surface area contributed by atoms with Crippen molar-refractivity contribution in [1.82, 2.24) is 14.7 Å². The summed E-state index contributed by atoms with van der Waals surface area (Å²) in [6.45, 7) is 12.8. The first kappa shape index (κ1) is 17.8. The van der Waals surface area contributed by atoms with Crippen LogP contribution in [0.25, 0.3) is 0 Å². The van der Waals surface area contributed by atoms with Crippen LogP contribution in [0.2, 0.25) is 0 Å². The summed E-state index contributed by atoms with van der Waals surface area (Å²) in [5.41, 5.74) is 1.08. The molecule has 2 aliphatic heterocycles. The molecule has 24 heavy (non-hydrogen) atoms. The third-order valence-corrected chi connectivity index (χ3v) is 5.34. The van der Waals surface area contributed by atoms with Gasteiger partial charge in [-0.25, -0.2) is 4.39 Å². The first-order valence-corrected chi connectivity index (χ1v) is 9.24. The lowest BCUT2D eigenvalue weighted by atomic mass is 10.1. The molecule has 1 aromatic rings. The number of morpholine rings is 1. The second kappa shape index (κ2) is 8.90. The van der Waals surface area contributed by atoms with Gasteiger partial charge in [0.2, 0.25) is 0 Å². The summed E-state index contributed by atoms with van der Waals surface area (Å²) in [7, 11) is 0. The Balaban J connectivity index is 1.37. The van der Waals surface area contributed by atoms with Crippen LogP contribution < -0.4 is 0 Å². The molecule has 2 aliphatic rings. The van der Waals surface area contributed by atoms with E-state index in [0.717, 1.165) is 58.0 Å². The highest BCUT2D eigenvalue weighted by atomic mass is 19.1. The summed E-state index contributed by atoms with van der Waals surface area (Å²) in [5, 5.41) is 0. The standard InChI is InChI=1S/C19H30FN3O/c1-17(18-4-2-5-19(20)16-18)23-10-8-21(9-11-23)6-3-7-22-12-14-24-15-13-22/h2,4-5,16-17H,3,6-15H2,1H3/t17-/m1/s1. The lowest BCUT2D eigenvalue weighted by molar-refractivity contribution is 0.0345. The van der Waals surface area contributed by atoms with Gasteiger partial charge < -0.3 is 9.64 Å². The van der Waals surface area contributed by atoms with E-state index in [1.807, 2.05) is 12.1 Å². The summed E-state index contributed by atoms with van der Waals surface area (Å²) in [6.07, 6.45) is 1.24. The minimum absolute atomic E-state index is 0.138. The number of benzene rings is 1. The van der Waals surface area contributed by atoms with Gasteiger partial charge in [0.05, 0.1) is 13.2 Å². The van der Waals surface area contributed by atoms with Crippen molar-refractivity contribution in [2.45, 2.75) is 19.4 Å². The molecule has 5 heteroatoms. The molecular weight excluding hydrogens is 305 g/mol. The third-order valence-electron chi connectivity index (χ3n) is 5.34. The van der Waals surface area contributed by atoms with E-state index in [2.05, 4.69) is 21.6 Å². The first-order valence-electron chi connectivity index (χ1n) is 9.24. The van der Waals surface area contributed by atoms with Crippen molar-refractivity contribution in [3.8, 4) is 0 Å². The van der Waals surface area contributed by atoms with E-state index in [9.17, 15) is 4.39 Å². The Hall–Kier alpha value is -1.01. The fourth-order valence-corrected chi connectivity index (χ4v) is 3.69. The van der Waals surface area contributed by atoms with Crippen LogP contribution in [0.4, 0.5) is 4.39 Å². The summed E-state index contributed by atoms with van der Waals surface area (Å²) in [5.74, 6) is -0.138. The largest absolute Gasteiger partial charge is 0.379 e. The summed E-state index contributed by atoms with van der Waals surface area (Å²) < 4.78 is 18.8. The van der Waals surface area contributed by atoms with Gasteiger partial charge in [0, 0.05) is 45.3 Å². The number of rotatable bonds is 6. The number of nitrogens with zero attached hydrogens (tertiary/aromatic N) is 3. The second-order valence-corrected chi connectivity index (χ2v) is 6.92. The SMILES string of the molecule is C[C@H](c1cccc(F)c1)N1CCN(CCCN2CCOCC2)CC1. The van der Waals surface area contributed by atoms with Crippen molar-refractivity contribution in [3.63, 3.8) is 0 Å². The molecule has 1 atom stereocenters. The number of hydrogen-bond acceptors (Lipinski definition) is 4. The molecule has 0 aliphatic carbocycles. The number of piperazine rings is 1. The predicted molar refractivity (Wildman–Crippen MR) is 94.7 cm³/mol. The highest BCUT2D eigenvalue weighted by molar-refractivity contribution is 5.19. The quantitative estimate of drug-likeness (QED) is 0.793. The molecule has 0 N–H and O–H groups in total. The van der Waals surface area contributed by atoms with Crippen LogP contribution >= 0.6 is 0 Å². The number of hydrogen-bond donors (Lipinski definition) is 0. The Labute approximate surface area is 145 Å². The maximum atomic E-state index is 13.4. The molecule has 3 rings (SSSR count). The zero-order chi connectivity index (χ0) is 16.8. The zero-order valence-electron chi connectivity index (χ0n) is 14.8. The average molecular weight is 335 g/mol. The van der Waals surface area contributed by atoms with Gasteiger partial charge >= 0.3 is 0 Å². The van der Waals surface area contributed by atoms with Crippen molar-refractivity contribution in [1.29, 1.82) is 0 Å². The number of ether oxygens (including phenoxy) is 1. The van der Waals surface area contributed by atoms with Gasteiger partial charge in [-0.15, -0.1) is 0 Å². The molecular formula is C19H30FN3O. The van der Waals surface area contributed by atoms with Crippen molar-refractivity contribution in [2.75, 3.05) is 65.6 Å². The van der Waals surface area contributed by atoms with Gasteiger partial charge in [0.1, 0.15) is 5.82 Å². The molecule has 4 nitrogen and oxygen atoms in total. The third kappa shape index (κ3) is 4.99. The Kier molecular flexibility index (Phi) is 6.60. The van der Waals surface area contributed by atoms with Gasteiger partial charge in [-0.3, -0.25) is 9.80 Å². The molecule has 0 aromatic heterocycles. The zero-order valence-corrected chi connectivity index (χ0v) is 14.8. The monoisotopic (exact) mass is 335 g/mol. The van der Waals surface area contributed by atoms with Crippen LogP contribution in [0.1, 0.15) is 24.9 Å². The van der Waals surface area contributed by atoms with Crippen molar-refractivity contribution in [3.05, 3.63) is 35.6 Å². The van der Waals surface area contributed by atoms with Crippen molar-refractivity contribution < 1.29 is 9.13 Å². The summed E-state index contributed by atoms with van der Waals surface area (Å²) in [4.78, 5) is 7.54. The molecule has 0 bridgehead atoms. The smallest absolute Gasteiger partial charge is 0.123 e. The molecule has 0 unspecified atom stereocenters. The Morgan fingerprint density at radius 1 is 1.00 bits per heavy atom. The highest BCUT2D eigenvalue weighted by Gasteiger charge is 2.22. The van der Waals surface area contributed by atoms with Crippen LogP contribution in [0.3, 0.4) is 0 Å². The lowest BCUT2D eigenvalue weighted by Crippen LogP contribution is -2.47. The molecule has 0 amide bonds.